The quantitative estimate of drug-likeness (QED) is 0.848. The van der Waals surface area contributed by atoms with Crippen LogP contribution in [0.3, 0.4) is 0 Å². The number of fused-ring (bicyclic) bond motifs is 1. The first-order valence-corrected chi connectivity index (χ1v) is 10.3. The molecule has 0 heterocycles. The molecule has 0 bridgehead atoms. The summed E-state index contributed by atoms with van der Waals surface area (Å²) in [6, 6.07) is 12.6. The van der Waals surface area contributed by atoms with Gasteiger partial charge >= 0.3 is 0 Å². The molecule has 0 radical (unpaired) electrons. The second kappa shape index (κ2) is 7.58. The summed E-state index contributed by atoms with van der Waals surface area (Å²) in [4.78, 5) is 0.254. The van der Waals surface area contributed by atoms with Crippen LogP contribution in [-0.2, 0) is 22.9 Å². The van der Waals surface area contributed by atoms with E-state index in [1.807, 2.05) is 6.92 Å². The van der Waals surface area contributed by atoms with Crippen LogP contribution in [0.4, 0.5) is 0 Å². The molecular weight excluding hydrogens is 334 g/mol. The summed E-state index contributed by atoms with van der Waals surface area (Å²) in [5.41, 5.74) is 3.81. The summed E-state index contributed by atoms with van der Waals surface area (Å²) in [5, 5.41) is 0. The topological polar surface area (TPSA) is 55.4 Å². The molecule has 1 unspecified atom stereocenters. The summed E-state index contributed by atoms with van der Waals surface area (Å²) >= 11 is 0. The molecule has 0 saturated heterocycles. The molecule has 134 valence electrons. The summed E-state index contributed by atoms with van der Waals surface area (Å²) in [6.07, 6.45) is 5.38. The van der Waals surface area contributed by atoms with Gasteiger partial charge in [0.1, 0.15) is 5.75 Å². The lowest BCUT2D eigenvalue weighted by molar-refractivity contribution is 0.414. The minimum atomic E-state index is -3.57. The Morgan fingerprint density at radius 2 is 1.72 bits per heavy atom. The van der Waals surface area contributed by atoms with Crippen LogP contribution < -0.4 is 9.46 Å². The van der Waals surface area contributed by atoms with Crippen molar-refractivity contribution in [3.63, 3.8) is 0 Å². The maximum absolute atomic E-state index is 12.7. The van der Waals surface area contributed by atoms with Gasteiger partial charge in [-0.05, 0) is 73.1 Å². The number of sulfonamides is 1. The van der Waals surface area contributed by atoms with Gasteiger partial charge in [-0.1, -0.05) is 25.1 Å². The molecule has 5 heteroatoms. The van der Waals surface area contributed by atoms with Gasteiger partial charge in [-0.25, -0.2) is 13.1 Å². The van der Waals surface area contributed by atoms with Crippen LogP contribution in [0.5, 0.6) is 5.75 Å². The van der Waals surface area contributed by atoms with Crippen LogP contribution in [0.25, 0.3) is 0 Å². The molecule has 1 aliphatic carbocycles. The van der Waals surface area contributed by atoms with E-state index in [4.69, 9.17) is 4.74 Å². The van der Waals surface area contributed by atoms with Gasteiger partial charge in [-0.15, -0.1) is 0 Å². The van der Waals surface area contributed by atoms with Gasteiger partial charge in [0, 0.05) is 6.04 Å². The number of ether oxygens (including phenoxy) is 1. The van der Waals surface area contributed by atoms with Crippen LogP contribution in [0.1, 0.15) is 48.9 Å². The minimum Gasteiger partial charge on any atom is -0.497 e. The van der Waals surface area contributed by atoms with Crippen LogP contribution in [0.15, 0.2) is 47.4 Å². The summed E-state index contributed by atoms with van der Waals surface area (Å²) < 4.78 is 33.4. The number of nitrogens with one attached hydrogen (secondary N) is 1. The molecule has 0 aromatic heterocycles. The van der Waals surface area contributed by atoms with Gasteiger partial charge in [0.2, 0.25) is 10.0 Å². The highest BCUT2D eigenvalue weighted by Gasteiger charge is 2.21. The van der Waals surface area contributed by atoms with E-state index in [1.54, 1.807) is 31.4 Å². The van der Waals surface area contributed by atoms with Crippen molar-refractivity contribution in [1.82, 2.24) is 4.72 Å². The molecule has 0 saturated carbocycles. The molecule has 2 aromatic carbocycles. The molecule has 0 fully saturated rings. The molecule has 1 aliphatic rings. The number of aryl methyl sites for hydroxylation is 2. The molecule has 0 spiro atoms. The van der Waals surface area contributed by atoms with Crippen LogP contribution in [-0.4, -0.2) is 15.5 Å². The van der Waals surface area contributed by atoms with Gasteiger partial charge in [-0.3, -0.25) is 0 Å². The Labute approximate surface area is 150 Å². The predicted octanol–water partition coefficient (Wildman–Crippen LogP) is 4.00. The van der Waals surface area contributed by atoms with Crippen molar-refractivity contribution in [3.8, 4) is 5.75 Å². The molecule has 2 aromatic rings. The predicted molar refractivity (Wildman–Crippen MR) is 99.4 cm³/mol. The third-order valence-corrected chi connectivity index (χ3v) is 6.34. The largest absolute Gasteiger partial charge is 0.497 e. The zero-order valence-electron chi connectivity index (χ0n) is 14.8. The fraction of sp³-hybridized carbons (Fsp3) is 0.400. The summed E-state index contributed by atoms with van der Waals surface area (Å²) in [6.45, 7) is 2.00. The first kappa shape index (κ1) is 18.0. The lowest BCUT2D eigenvalue weighted by Gasteiger charge is -2.21. The van der Waals surface area contributed by atoms with Crippen LogP contribution >= 0.6 is 0 Å². The number of benzene rings is 2. The molecule has 0 amide bonds. The summed E-state index contributed by atoms with van der Waals surface area (Å²) in [5.74, 6) is 0.640. The zero-order chi connectivity index (χ0) is 17.9. The van der Waals surface area contributed by atoms with E-state index in [1.165, 1.54) is 24.0 Å². The molecule has 4 nitrogen and oxygen atoms in total. The smallest absolute Gasteiger partial charge is 0.241 e. The fourth-order valence-corrected chi connectivity index (χ4v) is 4.68. The average molecular weight is 359 g/mol. The Balaban J connectivity index is 1.83. The Morgan fingerprint density at radius 1 is 1.04 bits per heavy atom. The van der Waals surface area contributed by atoms with Gasteiger partial charge in [-0.2, -0.15) is 0 Å². The molecule has 25 heavy (non-hydrogen) atoms. The Hall–Kier alpha value is -1.85. The van der Waals surface area contributed by atoms with E-state index in [0.717, 1.165) is 18.4 Å². The Morgan fingerprint density at radius 3 is 2.36 bits per heavy atom. The normalized spacial score (nSPS) is 15.4. The maximum Gasteiger partial charge on any atom is 0.241 e. The van der Waals surface area contributed by atoms with E-state index in [0.29, 0.717) is 12.2 Å². The highest BCUT2D eigenvalue weighted by molar-refractivity contribution is 7.89. The Kier molecular flexibility index (Phi) is 5.45. The Bertz CT molecular complexity index is 829. The highest BCUT2D eigenvalue weighted by Crippen LogP contribution is 2.27. The third-order valence-electron chi connectivity index (χ3n) is 4.85. The van der Waals surface area contributed by atoms with E-state index in [9.17, 15) is 8.42 Å². The van der Waals surface area contributed by atoms with Crippen molar-refractivity contribution in [2.45, 2.75) is 50.0 Å². The molecular formula is C20H25NO3S. The van der Waals surface area contributed by atoms with Gasteiger partial charge < -0.3 is 4.74 Å². The van der Waals surface area contributed by atoms with E-state index >= 15 is 0 Å². The van der Waals surface area contributed by atoms with Gasteiger partial charge in [0.25, 0.3) is 0 Å². The van der Waals surface area contributed by atoms with Crippen molar-refractivity contribution in [2.24, 2.45) is 0 Å². The number of rotatable bonds is 6. The highest BCUT2D eigenvalue weighted by atomic mass is 32.2. The second-order valence-corrected chi connectivity index (χ2v) is 8.21. The number of methoxy groups -OCH3 is 1. The number of hydrogen-bond acceptors (Lipinski definition) is 3. The van der Waals surface area contributed by atoms with Gasteiger partial charge in [0.15, 0.2) is 0 Å². The zero-order valence-corrected chi connectivity index (χ0v) is 15.6. The monoisotopic (exact) mass is 359 g/mol. The van der Waals surface area contributed by atoms with Crippen LogP contribution in [0.2, 0.25) is 0 Å². The van der Waals surface area contributed by atoms with E-state index in [2.05, 4.69) is 22.9 Å². The molecule has 3 rings (SSSR count). The first-order chi connectivity index (χ1) is 12.0. The SMILES string of the molecule is CCC(NS(=O)(=O)c1ccc(OC)cc1)c1ccc2c(c1)CCCC2. The van der Waals surface area contributed by atoms with E-state index in [-0.39, 0.29) is 10.9 Å². The van der Waals surface area contributed by atoms with Crippen molar-refractivity contribution in [2.75, 3.05) is 7.11 Å². The lowest BCUT2D eigenvalue weighted by atomic mass is 9.89. The average Bonchev–Trinajstić information content (AvgIpc) is 2.65. The fourth-order valence-electron chi connectivity index (χ4n) is 3.37. The third kappa shape index (κ3) is 4.05. The van der Waals surface area contributed by atoms with Crippen molar-refractivity contribution >= 4 is 10.0 Å². The van der Waals surface area contributed by atoms with Crippen molar-refractivity contribution in [1.29, 1.82) is 0 Å². The standard InChI is InChI=1S/C20H25NO3S/c1-3-20(17-9-8-15-6-4-5-7-16(15)14-17)21-25(22,23)19-12-10-18(24-2)11-13-19/h8-14,20-21H,3-7H2,1-2H3. The minimum absolute atomic E-state index is 0.223. The molecule has 0 aliphatic heterocycles. The van der Waals surface area contributed by atoms with Crippen molar-refractivity contribution < 1.29 is 13.2 Å². The van der Waals surface area contributed by atoms with Gasteiger partial charge in [0.05, 0.1) is 12.0 Å². The second-order valence-electron chi connectivity index (χ2n) is 6.49. The first-order valence-electron chi connectivity index (χ1n) is 8.81. The number of hydrogen-bond donors (Lipinski definition) is 1. The van der Waals surface area contributed by atoms with E-state index < -0.39 is 10.0 Å². The molecule has 1 N–H and O–H groups in total. The van der Waals surface area contributed by atoms with Crippen LogP contribution in [0, 0.1) is 0 Å². The van der Waals surface area contributed by atoms with Crippen molar-refractivity contribution in [3.05, 3.63) is 59.2 Å². The maximum atomic E-state index is 12.7. The summed E-state index contributed by atoms with van der Waals surface area (Å²) in [7, 11) is -2.01. The molecule has 1 atom stereocenters. The lowest BCUT2D eigenvalue weighted by Crippen LogP contribution is -2.28.